The van der Waals surface area contributed by atoms with Crippen LogP contribution in [0.5, 0.6) is 0 Å². The number of piperazine rings is 1. The average molecular weight is 502 g/mol. The number of H-pyrrole nitrogens is 1. The predicted molar refractivity (Wildman–Crippen MR) is 145 cm³/mol. The molecule has 2 aromatic carbocycles. The fourth-order valence-electron chi connectivity index (χ4n) is 5.34. The number of aromatic amines is 1. The second-order valence-electron chi connectivity index (χ2n) is 9.94. The molecule has 37 heavy (non-hydrogen) atoms. The first-order valence-electron chi connectivity index (χ1n) is 12.8. The van der Waals surface area contributed by atoms with Crippen LogP contribution < -0.4 is 10.5 Å². The Morgan fingerprint density at radius 1 is 1.00 bits per heavy atom. The number of hydrogen-bond donors (Lipinski definition) is 1. The smallest absolute Gasteiger partial charge is 0.253 e. The van der Waals surface area contributed by atoms with Crippen molar-refractivity contribution in [1.29, 1.82) is 0 Å². The van der Waals surface area contributed by atoms with E-state index in [-0.39, 0.29) is 11.6 Å². The first kappa shape index (κ1) is 25.1. The zero-order valence-corrected chi connectivity index (χ0v) is 22.3. The summed E-state index contributed by atoms with van der Waals surface area (Å²) in [5, 5.41) is 13.7. The van der Waals surface area contributed by atoms with Gasteiger partial charge >= 0.3 is 0 Å². The Balaban J connectivity index is 1.55. The van der Waals surface area contributed by atoms with Crippen LogP contribution in [0.2, 0.25) is 0 Å². The lowest BCUT2D eigenvalue weighted by molar-refractivity contribution is 0.171. The molecule has 1 aliphatic heterocycles. The molecule has 9 heteroatoms. The summed E-state index contributed by atoms with van der Waals surface area (Å²) < 4.78 is 7.05. The third kappa shape index (κ3) is 4.76. The molecular formula is C28H35N7O2. The van der Waals surface area contributed by atoms with Crippen LogP contribution in [0.15, 0.2) is 41.2 Å². The summed E-state index contributed by atoms with van der Waals surface area (Å²) in [4.78, 5) is 21.5. The van der Waals surface area contributed by atoms with E-state index in [9.17, 15) is 4.79 Å². The van der Waals surface area contributed by atoms with Crippen molar-refractivity contribution in [2.24, 2.45) is 0 Å². The van der Waals surface area contributed by atoms with Crippen LogP contribution in [0.25, 0.3) is 10.9 Å². The van der Waals surface area contributed by atoms with Crippen molar-refractivity contribution in [2.45, 2.75) is 40.3 Å². The Hall–Kier alpha value is -3.56. The van der Waals surface area contributed by atoms with Crippen molar-refractivity contribution in [2.75, 3.05) is 44.8 Å². The highest BCUT2D eigenvalue weighted by atomic mass is 16.5. The van der Waals surface area contributed by atoms with Gasteiger partial charge in [0.2, 0.25) is 0 Å². The zero-order valence-electron chi connectivity index (χ0n) is 22.3. The summed E-state index contributed by atoms with van der Waals surface area (Å²) in [6, 6.07) is 12.3. The minimum atomic E-state index is -0.374. The van der Waals surface area contributed by atoms with Gasteiger partial charge in [-0.3, -0.25) is 9.69 Å². The maximum Gasteiger partial charge on any atom is 0.253 e. The number of aryl methyl sites for hydroxylation is 3. The van der Waals surface area contributed by atoms with Gasteiger partial charge in [-0.25, -0.2) is 4.68 Å². The van der Waals surface area contributed by atoms with Gasteiger partial charge in [0, 0.05) is 49.9 Å². The molecule has 0 aliphatic carbocycles. The molecule has 0 saturated carbocycles. The van der Waals surface area contributed by atoms with Crippen molar-refractivity contribution >= 4 is 16.6 Å². The molecule has 1 N–H and O–H groups in total. The first-order valence-corrected chi connectivity index (χ1v) is 12.8. The van der Waals surface area contributed by atoms with E-state index in [0.717, 1.165) is 48.2 Å². The number of tetrazole rings is 1. The second kappa shape index (κ2) is 10.4. The predicted octanol–water partition coefficient (Wildman–Crippen LogP) is 3.31. The van der Waals surface area contributed by atoms with Gasteiger partial charge < -0.3 is 14.6 Å². The summed E-state index contributed by atoms with van der Waals surface area (Å²) >= 11 is 0. The van der Waals surface area contributed by atoms with Gasteiger partial charge in [0.25, 0.3) is 5.56 Å². The number of hydrogen-bond acceptors (Lipinski definition) is 7. The van der Waals surface area contributed by atoms with Gasteiger partial charge in [-0.2, -0.15) is 0 Å². The minimum absolute atomic E-state index is 0.107. The normalized spacial score (nSPS) is 15.4. The molecule has 3 heterocycles. The fraction of sp³-hybridized carbons (Fsp3) is 0.429. The standard InChI is InChI=1S/C28H35N7O2/c1-18-7-6-8-24(21(18)4)33-11-13-34(14-12-33)26(27-30-31-32-35(27)15-16-37-5)23-17-22-19(2)9-10-20(3)25(22)29-28(23)36/h6-10,17,26H,11-16H2,1-5H3,(H,29,36). The molecule has 0 radical (unpaired) electrons. The van der Waals surface area contributed by atoms with Crippen molar-refractivity contribution < 1.29 is 4.74 Å². The molecule has 1 unspecified atom stereocenters. The molecule has 5 rings (SSSR count). The largest absolute Gasteiger partial charge is 0.383 e. The van der Waals surface area contributed by atoms with E-state index in [1.54, 1.807) is 11.8 Å². The Morgan fingerprint density at radius 3 is 2.51 bits per heavy atom. The number of nitrogens with one attached hydrogen (secondary N) is 1. The quantitative estimate of drug-likeness (QED) is 0.415. The van der Waals surface area contributed by atoms with E-state index in [2.05, 4.69) is 75.3 Å². The molecule has 9 nitrogen and oxygen atoms in total. The van der Waals surface area contributed by atoms with Gasteiger partial charge in [-0.15, -0.1) is 5.10 Å². The number of aromatic nitrogens is 5. The summed E-state index contributed by atoms with van der Waals surface area (Å²) in [5.74, 6) is 0.660. The molecular weight excluding hydrogens is 466 g/mol. The molecule has 1 aliphatic rings. The Morgan fingerprint density at radius 2 is 1.76 bits per heavy atom. The second-order valence-corrected chi connectivity index (χ2v) is 9.94. The van der Waals surface area contributed by atoms with Crippen LogP contribution in [0.3, 0.4) is 0 Å². The summed E-state index contributed by atoms with van der Waals surface area (Å²) in [5.41, 5.74) is 7.49. The van der Waals surface area contributed by atoms with E-state index < -0.39 is 0 Å². The van der Waals surface area contributed by atoms with Gasteiger partial charge in [-0.05, 0) is 72.5 Å². The lowest BCUT2D eigenvalue weighted by Crippen LogP contribution is -2.49. The first-order chi connectivity index (χ1) is 17.9. The number of anilines is 1. The third-order valence-electron chi connectivity index (χ3n) is 7.67. The third-order valence-corrected chi connectivity index (χ3v) is 7.67. The summed E-state index contributed by atoms with van der Waals surface area (Å²) in [6.07, 6.45) is 0. The zero-order chi connectivity index (χ0) is 26.1. The highest BCUT2D eigenvalue weighted by Crippen LogP contribution is 2.31. The average Bonchev–Trinajstić information content (AvgIpc) is 3.36. The van der Waals surface area contributed by atoms with E-state index in [4.69, 9.17) is 4.74 Å². The molecule has 1 atom stereocenters. The van der Waals surface area contributed by atoms with Gasteiger partial charge in [0.15, 0.2) is 5.82 Å². The number of methoxy groups -OCH3 is 1. The Labute approximate surface area is 217 Å². The van der Waals surface area contributed by atoms with E-state index >= 15 is 0 Å². The lowest BCUT2D eigenvalue weighted by Gasteiger charge is -2.40. The molecule has 0 bridgehead atoms. The highest BCUT2D eigenvalue weighted by molar-refractivity contribution is 5.85. The SMILES string of the molecule is COCCn1nnnc1C(c1cc2c(C)ccc(C)c2[nH]c1=O)N1CCN(c2cccc(C)c2C)CC1. The molecule has 194 valence electrons. The van der Waals surface area contributed by atoms with E-state index in [1.165, 1.54) is 16.8 Å². The maximum atomic E-state index is 13.6. The lowest BCUT2D eigenvalue weighted by atomic mass is 9.99. The molecule has 0 spiro atoms. The van der Waals surface area contributed by atoms with Crippen molar-refractivity contribution in [1.82, 2.24) is 30.1 Å². The number of benzene rings is 2. The maximum absolute atomic E-state index is 13.6. The number of pyridine rings is 1. The highest BCUT2D eigenvalue weighted by Gasteiger charge is 2.33. The van der Waals surface area contributed by atoms with Crippen molar-refractivity contribution in [3.63, 3.8) is 0 Å². The van der Waals surface area contributed by atoms with Crippen LogP contribution in [-0.4, -0.2) is 70.0 Å². The number of fused-ring (bicyclic) bond motifs is 1. The molecule has 2 aromatic heterocycles. The molecule has 1 saturated heterocycles. The number of rotatable bonds is 7. The Kier molecular flexibility index (Phi) is 7.08. The summed E-state index contributed by atoms with van der Waals surface area (Å²) in [7, 11) is 1.66. The molecule has 1 fully saturated rings. The monoisotopic (exact) mass is 501 g/mol. The van der Waals surface area contributed by atoms with Crippen LogP contribution in [0.1, 0.15) is 39.7 Å². The summed E-state index contributed by atoms with van der Waals surface area (Å²) in [6.45, 7) is 12.7. The molecule has 0 amide bonds. The van der Waals surface area contributed by atoms with Crippen molar-refractivity contribution in [3.05, 3.63) is 80.4 Å². The number of nitrogens with zero attached hydrogens (tertiary/aromatic N) is 6. The molecule has 4 aromatic rings. The fourth-order valence-corrected chi connectivity index (χ4v) is 5.34. The van der Waals surface area contributed by atoms with Gasteiger partial charge in [0.1, 0.15) is 6.04 Å². The van der Waals surface area contributed by atoms with Crippen LogP contribution in [0.4, 0.5) is 5.69 Å². The van der Waals surface area contributed by atoms with Crippen molar-refractivity contribution in [3.8, 4) is 0 Å². The topological polar surface area (TPSA) is 92.2 Å². The number of ether oxygens (including phenoxy) is 1. The van der Waals surface area contributed by atoms with Crippen LogP contribution >= 0.6 is 0 Å². The van der Waals surface area contributed by atoms with E-state index in [1.807, 2.05) is 19.1 Å². The van der Waals surface area contributed by atoms with Gasteiger partial charge in [0.05, 0.1) is 18.7 Å². The van der Waals surface area contributed by atoms with Crippen LogP contribution in [0, 0.1) is 27.7 Å². The van der Waals surface area contributed by atoms with E-state index in [0.29, 0.717) is 24.5 Å². The van der Waals surface area contributed by atoms with Gasteiger partial charge in [-0.1, -0.05) is 24.3 Å². The minimum Gasteiger partial charge on any atom is -0.383 e. The van der Waals surface area contributed by atoms with Crippen LogP contribution in [-0.2, 0) is 11.3 Å². The Bertz CT molecular complexity index is 1470.